The Morgan fingerprint density at radius 2 is 1.84 bits per heavy atom. The van der Waals surface area contributed by atoms with Crippen LogP contribution in [0.1, 0.15) is 5.56 Å². The zero-order valence-corrected chi connectivity index (χ0v) is 18.4. The number of carbonyl (C=O) groups is 2. The zero-order chi connectivity index (χ0) is 22.2. The average molecular weight is 444 g/mol. The normalized spacial score (nSPS) is 13.9. The number of ether oxygens (including phenoxy) is 2. The number of nitrogens with zero attached hydrogens (tertiary/aromatic N) is 2. The number of anilines is 1. The fourth-order valence-electron chi connectivity index (χ4n) is 3.36. The van der Waals surface area contributed by atoms with E-state index in [4.69, 9.17) is 21.1 Å². The summed E-state index contributed by atoms with van der Waals surface area (Å²) in [5.74, 6) is 0.827. The summed E-state index contributed by atoms with van der Waals surface area (Å²) in [6, 6.07) is 13.0. The van der Waals surface area contributed by atoms with Gasteiger partial charge in [-0.25, -0.2) is 0 Å². The minimum absolute atomic E-state index is 0.0460. The molecule has 0 aromatic heterocycles. The molecular weight excluding hydrogens is 418 g/mol. The molecule has 0 atom stereocenters. The summed E-state index contributed by atoms with van der Waals surface area (Å²) in [6.45, 7) is 2.58. The first kappa shape index (κ1) is 22.5. The van der Waals surface area contributed by atoms with Crippen molar-refractivity contribution in [3.8, 4) is 11.5 Å². The summed E-state index contributed by atoms with van der Waals surface area (Å²) in [4.78, 5) is 28.6. The summed E-state index contributed by atoms with van der Waals surface area (Å²) in [5.41, 5.74) is 1.76. The van der Waals surface area contributed by atoms with E-state index in [-0.39, 0.29) is 18.4 Å². The number of nitrogens with one attached hydrogen (secondary N) is 1. The lowest BCUT2D eigenvalue weighted by atomic mass is 10.1. The molecule has 0 aliphatic carbocycles. The van der Waals surface area contributed by atoms with E-state index < -0.39 is 0 Å². The van der Waals surface area contributed by atoms with Crippen molar-refractivity contribution in [1.29, 1.82) is 0 Å². The molecular formula is C23H26ClN3O4. The molecule has 0 spiro atoms. The fourth-order valence-corrected chi connectivity index (χ4v) is 3.54. The topological polar surface area (TPSA) is 71.1 Å². The van der Waals surface area contributed by atoms with Gasteiger partial charge in [-0.1, -0.05) is 17.7 Å². The summed E-state index contributed by atoms with van der Waals surface area (Å²) in [5, 5.41) is 3.34. The number of amides is 2. The van der Waals surface area contributed by atoms with Crippen molar-refractivity contribution in [2.24, 2.45) is 0 Å². The molecule has 8 heteroatoms. The molecule has 164 valence electrons. The number of halogens is 1. The van der Waals surface area contributed by atoms with Crippen LogP contribution in [0.2, 0.25) is 5.02 Å². The van der Waals surface area contributed by atoms with E-state index in [2.05, 4.69) is 10.2 Å². The molecule has 0 radical (unpaired) electrons. The van der Waals surface area contributed by atoms with Crippen LogP contribution in [0.4, 0.5) is 5.69 Å². The second-order valence-corrected chi connectivity index (χ2v) is 7.44. The quantitative estimate of drug-likeness (QED) is 0.666. The molecule has 1 heterocycles. The number of hydrogen-bond donors (Lipinski definition) is 1. The van der Waals surface area contributed by atoms with E-state index >= 15 is 0 Å². The van der Waals surface area contributed by atoms with E-state index in [1.165, 1.54) is 6.08 Å². The molecule has 1 aliphatic heterocycles. The maximum absolute atomic E-state index is 12.5. The third kappa shape index (κ3) is 6.15. The Kier molecular flexibility index (Phi) is 7.78. The van der Waals surface area contributed by atoms with Crippen LogP contribution < -0.4 is 19.7 Å². The van der Waals surface area contributed by atoms with E-state index in [9.17, 15) is 9.59 Å². The lowest BCUT2D eigenvalue weighted by Crippen LogP contribution is -2.51. The van der Waals surface area contributed by atoms with Crippen molar-refractivity contribution in [2.75, 3.05) is 51.8 Å². The van der Waals surface area contributed by atoms with Crippen molar-refractivity contribution in [2.45, 2.75) is 0 Å². The van der Waals surface area contributed by atoms with Crippen LogP contribution in [-0.2, 0) is 9.59 Å². The fraction of sp³-hybridized carbons (Fsp3) is 0.304. The first-order chi connectivity index (χ1) is 15.0. The van der Waals surface area contributed by atoms with E-state index in [0.717, 1.165) is 18.8 Å². The van der Waals surface area contributed by atoms with Crippen LogP contribution in [0, 0.1) is 0 Å². The van der Waals surface area contributed by atoms with Crippen LogP contribution in [-0.4, -0.2) is 63.7 Å². The highest BCUT2D eigenvalue weighted by atomic mass is 35.5. The lowest BCUT2D eigenvalue weighted by Gasteiger charge is -2.36. The number of methoxy groups -OCH3 is 2. The first-order valence-corrected chi connectivity index (χ1v) is 10.3. The molecule has 1 saturated heterocycles. The molecule has 2 aromatic rings. The molecule has 31 heavy (non-hydrogen) atoms. The minimum atomic E-state index is -0.351. The van der Waals surface area contributed by atoms with Gasteiger partial charge in [-0.15, -0.1) is 0 Å². The Balaban J connectivity index is 1.48. The Morgan fingerprint density at radius 1 is 1.06 bits per heavy atom. The highest BCUT2D eigenvalue weighted by molar-refractivity contribution is 6.30. The number of rotatable bonds is 7. The van der Waals surface area contributed by atoms with Gasteiger partial charge in [-0.2, -0.15) is 0 Å². The van der Waals surface area contributed by atoms with Gasteiger partial charge in [0.1, 0.15) is 11.5 Å². The summed E-state index contributed by atoms with van der Waals surface area (Å²) in [7, 11) is 3.13. The standard InChI is InChI=1S/C23H26ClN3O4/c1-30-20-7-8-21(31-2)17(14-20)6-9-22(28)25-16-23(29)27-12-10-26(11-13-27)19-5-3-4-18(24)15-19/h3-9,14-15H,10-13,16H2,1-2H3,(H,25,28)/b9-6+. The first-order valence-electron chi connectivity index (χ1n) is 9.96. The van der Waals surface area contributed by atoms with Gasteiger partial charge in [0.05, 0.1) is 20.8 Å². The van der Waals surface area contributed by atoms with Gasteiger partial charge in [0, 0.05) is 48.5 Å². The maximum Gasteiger partial charge on any atom is 0.244 e. The van der Waals surface area contributed by atoms with Crippen LogP contribution in [0.15, 0.2) is 48.5 Å². The summed E-state index contributed by atoms with van der Waals surface area (Å²) >= 11 is 6.06. The van der Waals surface area contributed by atoms with Crippen LogP contribution in [0.3, 0.4) is 0 Å². The molecule has 0 bridgehead atoms. The molecule has 1 fully saturated rings. The Labute approximate surface area is 187 Å². The summed E-state index contributed by atoms with van der Waals surface area (Å²) < 4.78 is 10.5. The van der Waals surface area contributed by atoms with Crippen molar-refractivity contribution in [3.05, 3.63) is 59.1 Å². The van der Waals surface area contributed by atoms with Gasteiger partial charge < -0.3 is 24.6 Å². The Bertz CT molecular complexity index is 956. The van der Waals surface area contributed by atoms with Gasteiger partial charge in [0.2, 0.25) is 11.8 Å². The van der Waals surface area contributed by atoms with Gasteiger partial charge in [-0.05, 0) is 42.5 Å². The smallest absolute Gasteiger partial charge is 0.244 e. The number of piperazine rings is 1. The SMILES string of the molecule is COc1ccc(OC)c(/C=C/C(=O)NCC(=O)N2CCN(c3cccc(Cl)c3)CC2)c1. The second-order valence-electron chi connectivity index (χ2n) is 7.01. The number of carbonyl (C=O) groups excluding carboxylic acids is 2. The zero-order valence-electron chi connectivity index (χ0n) is 17.6. The van der Waals surface area contributed by atoms with E-state index in [1.54, 1.807) is 43.4 Å². The average Bonchev–Trinajstić information content (AvgIpc) is 2.81. The molecule has 7 nitrogen and oxygen atoms in total. The third-order valence-electron chi connectivity index (χ3n) is 5.07. The minimum Gasteiger partial charge on any atom is -0.497 e. The molecule has 1 N–H and O–H groups in total. The van der Waals surface area contributed by atoms with Gasteiger partial charge in [0.25, 0.3) is 0 Å². The van der Waals surface area contributed by atoms with E-state index in [1.807, 2.05) is 24.3 Å². The lowest BCUT2D eigenvalue weighted by molar-refractivity contribution is -0.132. The van der Waals surface area contributed by atoms with Crippen LogP contribution >= 0.6 is 11.6 Å². The predicted molar refractivity (Wildman–Crippen MR) is 122 cm³/mol. The molecule has 0 saturated carbocycles. The predicted octanol–water partition coefficient (Wildman–Crippen LogP) is 2.84. The monoisotopic (exact) mass is 443 g/mol. The van der Waals surface area contributed by atoms with Gasteiger partial charge in [0.15, 0.2) is 0 Å². The second kappa shape index (κ2) is 10.7. The molecule has 0 unspecified atom stereocenters. The van der Waals surface area contributed by atoms with Crippen molar-refractivity contribution < 1.29 is 19.1 Å². The number of benzene rings is 2. The van der Waals surface area contributed by atoms with Crippen LogP contribution in [0.5, 0.6) is 11.5 Å². The Morgan fingerprint density at radius 3 is 2.52 bits per heavy atom. The third-order valence-corrected chi connectivity index (χ3v) is 5.31. The van der Waals surface area contributed by atoms with Crippen molar-refractivity contribution in [3.63, 3.8) is 0 Å². The highest BCUT2D eigenvalue weighted by Crippen LogP contribution is 2.25. The highest BCUT2D eigenvalue weighted by Gasteiger charge is 2.21. The van der Waals surface area contributed by atoms with Gasteiger partial charge >= 0.3 is 0 Å². The van der Waals surface area contributed by atoms with Crippen molar-refractivity contribution in [1.82, 2.24) is 10.2 Å². The van der Waals surface area contributed by atoms with Crippen LogP contribution in [0.25, 0.3) is 6.08 Å². The molecule has 1 aliphatic rings. The maximum atomic E-state index is 12.5. The Hall–Kier alpha value is -3.19. The number of hydrogen-bond acceptors (Lipinski definition) is 5. The molecule has 2 amide bonds. The van der Waals surface area contributed by atoms with Gasteiger partial charge in [-0.3, -0.25) is 9.59 Å². The van der Waals surface area contributed by atoms with E-state index in [0.29, 0.717) is 35.2 Å². The molecule has 2 aromatic carbocycles. The largest absolute Gasteiger partial charge is 0.497 e. The van der Waals surface area contributed by atoms with Crippen molar-refractivity contribution >= 4 is 35.2 Å². The molecule has 3 rings (SSSR count). The summed E-state index contributed by atoms with van der Waals surface area (Å²) in [6.07, 6.45) is 3.01.